The zero-order valence-electron chi connectivity index (χ0n) is 18.6. The van der Waals surface area contributed by atoms with Gasteiger partial charge >= 0.3 is 0 Å². The topological polar surface area (TPSA) is 0 Å². The van der Waals surface area contributed by atoms with Gasteiger partial charge in [0.2, 0.25) is 0 Å². The highest BCUT2D eigenvalue weighted by Gasteiger charge is 1.98. The third kappa shape index (κ3) is 21.5. The Bertz CT molecular complexity index is 312. The van der Waals surface area contributed by atoms with Gasteiger partial charge in [-0.1, -0.05) is 115 Å². The Morgan fingerprint density at radius 1 is 0.462 bits per heavy atom. The first-order valence-electron chi connectivity index (χ1n) is 12.0. The average Bonchev–Trinajstić information content (AvgIpc) is 2.61. The second-order valence-corrected chi connectivity index (χ2v) is 8.61. The van der Waals surface area contributed by atoms with Gasteiger partial charge in [0.1, 0.15) is 0 Å². The van der Waals surface area contributed by atoms with Crippen molar-refractivity contribution < 1.29 is 0 Å². The van der Waals surface area contributed by atoms with E-state index in [0.717, 1.165) is 0 Å². The van der Waals surface area contributed by atoms with Crippen LogP contribution >= 0.6 is 0 Å². The lowest BCUT2D eigenvalue weighted by atomic mass is 10.0. The van der Waals surface area contributed by atoms with Gasteiger partial charge in [-0.15, -0.1) is 6.58 Å². The molecule has 0 aromatic heterocycles. The molecule has 0 rings (SSSR count). The van der Waals surface area contributed by atoms with Crippen molar-refractivity contribution in [1.29, 1.82) is 0 Å². The molecule has 0 aliphatic rings. The van der Waals surface area contributed by atoms with E-state index in [1.165, 1.54) is 140 Å². The Morgan fingerprint density at radius 3 is 1.12 bits per heavy atom. The third-order valence-corrected chi connectivity index (χ3v) is 5.52. The van der Waals surface area contributed by atoms with Gasteiger partial charge in [-0.25, -0.2) is 0 Å². The van der Waals surface area contributed by atoms with E-state index in [0.29, 0.717) is 0 Å². The highest BCUT2D eigenvalue weighted by molar-refractivity contribution is 4.93. The van der Waals surface area contributed by atoms with Crippen molar-refractivity contribution in [3.05, 3.63) is 24.3 Å². The van der Waals surface area contributed by atoms with Crippen LogP contribution < -0.4 is 0 Å². The summed E-state index contributed by atoms with van der Waals surface area (Å²) in [7, 11) is 0. The zero-order chi connectivity index (χ0) is 19.3. The Kier molecular flexibility index (Phi) is 20.4. The Labute approximate surface area is 166 Å². The molecule has 0 nitrogen and oxygen atoms in total. The Morgan fingerprint density at radius 2 is 0.769 bits per heavy atom. The summed E-state index contributed by atoms with van der Waals surface area (Å²) in [6, 6.07) is 0. The fourth-order valence-corrected chi connectivity index (χ4v) is 3.67. The van der Waals surface area contributed by atoms with Gasteiger partial charge in [0, 0.05) is 0 Å². The second kappa shape index (κ2) is 20.8. The molecule has 0 radical (unpaired) electrons. The Balaban J connectivity index is 3.14. The van der Waals surface area contributed by atoms with Crippen LogP contribution in [0.4, 0.5) is 0 Å². The van der Waals surface area contributed by atoms with E-state index in [2.05, 4.69) is 27.0 Å². The lowest BCUT2D eigenvalue weighted by molar-refractivity contribution is 0.543. The minimum atomic E-state index is 1.23. The van der Waals surface area contributed by atoms with Crippen LogP contribution in [0.15, 0.2) is 24.3 Å². The van der Waals surface area contributed by atoms with Crippen molar-refractivity contribution in [1.82, 2.24) is 0 Å². The summed E-state index contributed by atoms with van der Waals surface area (Å²) >= 11 is 0. The van der Waals surface area contributed by atoms with Crippen molar-refractivity contribution in [2.75, 3.05) is 0 Å². The minimum Gasteiger partial charge on any atom is -0.100 e. The maximum atomic E-state index is 4.28. The van der Waals surface area contributed by atoms with E-state index in [4.69, 9.17) is 0 Å². The maximum Gasteiger partial charge on any atom is -0.0323 e. The van der Waals surface area contributed by atoms with Gasteiger partial charge in [-0.3, -0.25) is 0 Å². The number of allylic oxidation sites excluding steroid dienone is 2. The fourth-order valence-electron chi connectivity index (χ4n) is 3.67. The van der Waals surface area contributed by atoms with Crippen LogP contribution in [0, 0.1) is 0 Å². The van der Waals surface area contributed by atoms with Gasteiger partial charge in [-0.05, 0) is 45.4 Å². The summed E-state index contributed by atoms with van der Waals surface area (Å²) in [6.45, 7) is 12.7. The summed E-state index contributed by atoms with van der Waals surface area (Å²) in [5.41, 5.74) is 2.85. The van der Waals surface area contributed by atoms with E-state index < -0.39 is 0 Å². The molecular formula is C26H50. The van der Waals surface area contributed by atoms with E-state index in [9.17, 15) is 0 Å². The molecule has 0 unspecified atom stereocenters. The van der Waals surface area contributed by atoms with Crippen LogP contribution in [0.3, 0.4) is 0 Å². The van der Waals surface area contributed by atoms with Crippen LogP contribution in [0.2, 0.25) is 0 Å². The quantitative estimate of drug-likeness (QED) is 0.141. The van der Waals surface area contributed by atoms with Crippen molar-refractivity contribution in [3.8, 4) is 0 Å². The smallest absolute Gasteiger partial charge is 0.0323 e. The second-order valence-electron chi connectivity index (χ2n) is 8.61. The van der Waals surface area contributed by atoms with Gasteiger partial charge < -0.3 is 0 Å². The van der Waals surface area contributed by atoms with Crippen LogP contribution in [-0.4, -0.2) is 0 Å². The molecule has 0 bridgehead atoms. The average molecular weight is 363 g/mol. The number of unbranched alkanes of at least 4 members (excludes halogenated alkanes) is 15. The lowest BCUT2D eigenvalue weighted by Crippen LogP contribution is -1.86. The summed E-state index contributed by atoms with van der Waals surface area (Å²) < 4.78 is 0. The van der Waals surface area contributed by atoms with Crippen LogP contribution in [0.5, 0.6) is 0 Å². The molecule has 0 aromatic carbocycles. The Hall–Kier alpha value is -0.520. The molecule has 0 aliphatic carbocycles. The molecule has 0 fully saturated rings. The zero-order valence-corrected chi connectivity index (χ0v) is 18.6. The van der Waals surface area contributed by atoms with Crippen molar-refractivity contribution in [2.24, 2.45) is 0 Å². The highest BCUT2D eigenvalue weighted by Crippen LogP contribution is 2.17. The first-order valence-corrected chi connectivity index (χ1v) is 12.0. The molecule has 0 atom stereocenters. The minimum absolute atomic E-state index is 1.23. The standard InChI is InChI=1S/C26H50/c1-5-6-7-8-17-20-23-26(4)24-21-18-15-13-11-9-10-12-14-16-19-22-25(2)3/h2,4-24H2,1,3H3. The molecular weight excluding hydrogens is 312 g/mol. The molecule has 26 heavy (non-hydrogen) atoms. The third-order valence-electron chi connectivity index (χ3n) is 5.52. The number of hydrogen-bond donors (Lipinski definition) is 0. The molecule has 0 N–H and O–H groups in total. The van der Waals surface area contributed by atoms with E-state index >= 15 is 0 Å². The largest absolute Gasteiger partial charge is 0.100 e. The van der Waals surface area contributed by atoms with Gasteiger partial charge in [0.15, 0.2) is 0 Å². The van der Waals surface area contributed by atoms with E-state index in [-0.39, 0.29) is 0 Å². The molecule has 0 heterocycles. The predicted molar refractivity (Wildman–Crippen MR) is 122 cm³/mol. The molecule has 0 heteroatoms. The fraction of sp³-hybridized carbons (Fsp3) is 0.846. The molecule has 0 spiro atoms. The summed E-state index contributed by atoms with van der Waals surface area (Å²) in [6.07, 6.45) is 27.8. The normalized spacial score (nSPS) is 11.0. The van der Waals surface area contributed by atoms with Gasteiger partial charge in [0.05, 0.1) is 0 Å². The maximum absolute atomic E-state index is 4.28. The van der Waals surface area contributed by atoms with Crippen LogP contribution in [0.25, 0.3) is 0 Å². The number of hydrogen-bond acceptors (Lipinski definition) is 0. The highest BCUT2D eigenvalue weighted by atomic mass is 14.0. The summed E-state index contributed by atoms with van der Waals surface area (Å²) in [4.78, 5) is 0. The SMILES string of the molecule is C=C(C)CCCCCCCCCCCCCC(=C)CCCCCCCC. The molecule has 0 saturated heterocycles. The summed E-state index contributed by atoms with van der Waals surface area (Å²) in [5.74, 6) is 0. The summed E-state index contributed by atoms with van der Waals surface area (Å²) in [5, 5.41) is 0. The molecule has 0 aliphatic heterocycles. The van der Waals surface area contributed by atoms with Crippen molar-refractivity contribution >= 4 is 0 Å². The first-order chi connectivity index (χ1) is 12.7. The van der Waals surface area contributed by atoms with E-state index in [1.807, 2.05) is 0 Å². The monoisotopic (exact) mass is 362 g/mol. The van der Waals surface area contributed by atoms with Gasteiger partial charge in [0.25, 0.3) is 0 Å². The van der Waals surface area contributed by atoms with Crippen molar-refractivity contribution in [3.63, 3.8) is 0 Å². The van der Waals surface area contributed by atoms with E-state index in [1.54, 1.807) is 0 Å². The molecule has 0 aromatic rings. The molecule has 0 amide bonds. The van der Waals surface area contributed by atoms with Crippen molar-refractivity contribution in [2.45, 2.75) is 142 Å². The predicted octanol–water partition coefficient (Wildman–Crippen LogP) is 9.94. The number of rotatable bonds is 21. The molecule has 0 saturated carbocycles. The van der Waals surface area contributed by atoms with Crippen LogP contribution in [-0.2, 0) is 0 Å². The lowest BCUT2D eigenvalue weighted by Gasteiger charge is -2.06. The molecule has 154 valence electrons. The van der Waals surface area contributed by atoms with Gasteiger partial charge in [-0.2, -0.15) is 0 Å². The first kappa shape index (κ1) is 25.5. The van der Waals surface area contributed by atoms with Crippen LogP contribution in [0.1, 0.15) is 142 Å².